The molecule has 6 heteroatoms. The Morgan fingerprint density at radius 2 is 2.05 bits per heavy atom. The number of alkyl halides is 1. The maximum Gasteiger partial charge on any atom is 0.326 e. The van der Waals surface area contributed by atoms with Gasteiger partial charge in [-0.15, -0.1) is 11.6 Å². The first-order valence-electron chi connectivity index (χ1n) is 7.14. The molecule has 4 aliphatic carbocycles. The summed E-state index contributed by atoms with van der Waals surface area (Å²) in [5.74, 6) is -1.43. The molecule has 0 heterocycles. The van der Waals surface area contributed by atoms with Crippen LogP contribution in [-0.2, 0) is 9.59 Å². The molecule has 6 atom stereocenters. The zero-order valence-electron chi connectivity index (χ0n) is 11.4. The summed E-state index contributed by atoms with van der Waals surface area (Å²) in [7, 11) is 0. The fourth-order valence-electron chi connectivity index (χ4n) is 5.16. The van der Waals surface area contributed by atoms with E-state index in [9.17, 15) is 19.8 Å². The predicted octanol–water partition coefficient (Wildman–Crippen LogP) is 1.12. The molecule has 3 N–H and O–H groups in total. The molecule has 5 nitrogen and oxygen atoms in total. The molecular weight excluding hydrogens is 282 g/mol. The standard InChI is InChI=1S/C14H20ClNO4/c1-7(17)16-11(12(18)19)10-9-2-8-3-13(15,5-9)6-14(10,20)4-8/h8-11,20H,2-6H2,1H3,(H,16,17)(H,18,19)/t8-,9+,10-,11+,13+,14+/m0/s1. The molecule has 0 unspecified atom stereocenters. The van der Waals surface area contributed by atoms with Crippen LogP contribution < -0.4 is 5.32 Å². The van der Waals surface area contributed by atoms with Crippen LogP contribution in [0.25, 0.3) is 0 Å². The molecule has 4 fully saturated rings. The van der Waals surface area contributed by atoms with Crippen LogP contribution in [0.5, 0.6) is 0 Å². The van der Waals surface area contributed by atoms with Crippen LogP contribution in [0, 0.1) is 17.8 Å². The first-order valence-corrected chi connectivity index (χ1v) is 7.51. The number of amides is 1. The monoisotopic (exact) mass is 301 g/mol. The van der Waals surface area contributed by atoms with Gasteiger partial charge in [-0.1, -0.05) is 0 Å². The quantitative estimate of drug-likeness (QED) is 0.682. The van der Waals surface area contributed by atoms with Gasteiger partial charge in [0.05, 0.1) is 5.60 Å². The van der Waals surface area contributed by atoms with Gasteiger partial charge in [0.25, 0.3) is 0 Å². The first-order chi connectivity index (χ1) is 9.22. The summed E-state index contributed by atoms with van der Waals surface area (Å²) in [6.45, 7) is 1.30. The largest absolute Gasteiger partial charge is 0.480 e. The highest BCUT2D eigenvalue weighted by molar-refractivity contribution is 6.24. The highest BCUT2D eigenvalue weighted by Gasteiger charge is 2.64. The van der Waals surface area contributed by atoms with Crippen LogP contribution in [0.1, 0.15) is 39.0 Å². The molecule has 4 saturated carbocycles. The van der Waals surface area contributed by atoms with E-state index in [2.05, 4.69) is 5.32 Å². The van der Waals surface area contributed by atoms with Gasteiger partial charge in [0, 0.05) is 17.7 Å². The Morgan fingerprint density at radius 3 is 2.55 bits per heavy atom. The Bertz CT molecular complexity index is 470. The summed E-state index contributed by atoms with van der Waals surface area (Å²) < 4.78 is 0. The molecule has 0 aromatic carbocycles. The van der Waals surface area contributed by atoms with Crippen LogP contribution in [-0.4, -0.2) is 38.6 Å². The third-order valence-corrected chi connectivity index (χ3v) is 5.74. The van der Waals surface area contributed by atoms with Crippen molar-refractivity contribution in [1.82, 2.24) is 5.32 Å². The van der Waals surface area contributed by atoms with E-state index >= 15 is 0 Å². The highest BCUT2D eigenvalue weighted by Crippen LogP contribution is 2.63. The van der Waals surface area contributed by atoms with Gasteiger partial charge in [0.2, 0.25) is 5.91 Å². The number of carbonyl (C=O) groups excluding carboxylic acids is 1. The van der Waals surface area contributed by atoms with Gasteiger partial charge in [-0.2, -0.15) is 0 Å². The number of hydrogen-bond acceptors (Lipinski definition) is 3. The molecule has 4 aliphatic rings. The Labute approximate surface area is 122 Å². The fraction of sp³-hybridized carbons (Fsp3) is 0.857. The van der Waals surface area contributed by atoms with E-state index < -0.39 is 23.5 Å². The maximum atomic E-state index is 11.5. The number of nitrogens with one attached hydrogen (secondary N) is 1. The van der Waals surface area contributed by atoms with Gasteiger partial charge in [0.15, 0.2) is 0 Å². The van der Waals surface area contributed by atoms with Gasteiger partial charge in [-0.3, -0.25) is 4.79 Å². The summed E-state index contributed by atoms with van der Waals surface area (Å²) in [4.78, 5) is 22.4. The second kappa shape index (κ2) is 4.34. The van der Waals surface area contributed by atoms with Crippen molar-refractivity contribution in [3.63, 3.8) is 0 Å². The van der Waals surface area contributed by atoms with Gasteiger partial charge in [0.1, 0.15) is 6.04 Å². The second-order valence-electron chi connectivity index (χ2n) is 6.95. The van der Waals surface area contributed by atoms with Crippen molar-refractivity contribution < 1.29 is 19.8 Å². The van der Waals surface area contributed by atoms with E-state index in [1.807, 2.05) is 0 Å². The number of aliphatic carboxylic acids is 1. The first kappa shape index (κ1) is 14.1. The van der Waals surface area contributed by atoms with E-state index in [-0.39, 0.29) is 16.7 Å². The number of carbonyl (C=O) groups is 2. The fourth-order valence-corrected chi connectivity index (χ4v) is 5.81. The van der Waals surface area contributed by atoms with Crippen molar-refractivity contribution >= 4 is 23.5 Å². The Hall–Kier alpha value is -0.810. The lowest BCUT2D eigenvalue weighted by atomic mass is 9.48. The predicted molar refractivity (Wildman–Crippen MR) is 72.3 cm³/mol. The summed E-state index contributed by atoms with van der Waals surface area (Å²) in [5, 5.41) is 22.9. The Balaban J connectivity index is 1.93. The van der Waals surface area contributed by atoms with Gasteiger partial charge >= 0.3 is 5.97 Å². The van der Waals surface area contributed by atoms with E-state index in [4.69, 9.17) is 11.6 Å². The smallest absolute Gasteiger partial charge is 0.326 e. The molecule has 4 rings (SSSR count). The molecule has 0 saturated heterocycles. The van der Waals surface area contributed by atoms with Crippen molar-refractivity contribution in [2.75, 3.05) is 0 Å². The van der Waals surface area contributed by atoms with Crippen molar-refractivity contribution in [3.8, 4) is 0 Å². The Morgan fingerprint density at radius 1 is 1.35 bits per heavy atom. The molecule has 0 aromatic heterocycles. The zero-order chi connectivity index (χ0) is 14.7. The van der Waals surface area contributed by atoms with Crippen molar-refractivity contribution in [3.05, 3.63) is 0 Å². The number of carboxylic acid groups (broad SMARTS) is 1. The molecule has 1 amide bonds. The molecule has 0 radical (unpaired) electrons. The zero-order valence-corrected chi connectivity index (χ0v) is 12.2. The van der Waals surface area contributed by atoms with Gasteiger partial charge in [-0.25, -0.2) is 4.79 Å². The van der Waals surface area contributed by atoms with Crippen molar-refractivity contribution in [2.24, 2.45) is 17.8 Å². The molecular formula is C14H20ClNO4. The molecule has 0 spiro atoms. The third-order valence-electron chi connectivity index (χ3n) is 5.30. The minimum atomic E-state index is -1.07. The number of carboxylic acids is 1. The van der Waals surface area contributed by atoms with Crippen LogP contribution in [0.3, 0.4) is 0 Å². The van der Waals surface area contributed by atoms with E-state index in [1.165, 1.54) is 6.92 Å². The SMILES string of the molecule is CC(=O)N[C@@H](C(=O)O)[C@@H]1[C@@H]2C[C@H]3C[C@@](Cl)(C2)C[C@]1(O)C3. The number of halogens is 1. The average molecular weight is 302 g/mol. The number of rotatable bonds is 3. The van der Waals surface area contributed by atoms with E-state index in [0.717, 1.165) is 19.3 Å². The van der Waals surface area contributed by atoms with Gasteiger partial charge < -0.3 is 15.5 Å². The van der Waals surface area contributed by atoms with E-state index in [0.29, 0.717) is 18.8 Å². The van der Waals surface area contributed by atoms with Crippen LogP contribution >= 0.6 is 11.6 Å². The minimum absolute atomic E-state index is 0.0756. The molecule has 0 aromatic rings. The van der Waals surface area contributed by atoms with Gasteiger partial charge in [-0.05, 0) is 43.9 Å². The molecule has 4 bridgehead atoms. The second-order valence-corrected chi connectivity index (χ2v) is 7.75. The van der Waals surface area contributed by atoms with E-state index in [1.54, 1.807) is 0 Å². The molecule has 0 aliphatic heterocycles. The van der Waals surface area contributed by atoms with Crippen LogP contribution in [0.15, 0.2) is 0 Å². The summed E-state index contributed by atoms with van der Waals surface area (Å²) in [5.41, 5.74) is -1.06. The topological polar surface area (TPSA) is 86.6 Å². The van der Waals surface area contributed by atoms with Crippen LogP contribution in [0.2, 0.25) is 0 Å². The highest BCUT2D eigenvalue weighted by atomic mass is 35.5. The molecule has 112 valence electrons. The number of aliphatic hydroxyl groups is 1. The summed E-state index contributed by atoms with van der Waals surface area (Å²) in [6.07, 6.45) is 3.60. The lowest BCUT2D eigenvalue weighted by Crippen LogP contribution is -2.68. The Kier molecular flexibility index (Phi) is 3.07. The average Bonchev–Trinajstić information content (AvgIpc) is 2.22. The maximum absolute atomic E-state index is 11.5. The molecule has 20 heavy (non-hydrogen) atoms. The van der Waals surface area contributed by atoms with Crippen molar-refractivity contribution in [1.29, 1.82) is 0 Å². The lowest BCUT2D eigenvalue weighted by molar-refractivity contribution is -0.184. The normalized spacial score (nSPS) is 47.0. The van der Waals surface area contributed by atoms with Crippen molar-refractivity contribution in [2.45, 2.75) is 55.5 Å². The number of hydrogen-bond donors (Lipinski definition) is 3. The third kappa shape index (κ3) is 2.11. The summed E-state index contributed by atoms with van der Waals surface area (Å²) >= 11 is 6.58. The lowest BCUT2D eigenvalue weighted by Gasteiger charge is -2.62. The van der Waals surface area contributed by atoms with Crippen LogP contribution in [0.4, 0.5) is 0 Å². The summed E-state index contributed by atoms with van der Waals surface area (Å²) in [6, 6.07) is -1.03. The minimum Gasteiger partial charge on any atom is -0.480 e.